The normalized spacial score (nSPS) is 15.8. The van der Waals surface area contributed by atoms with Crippen LogP contribution in [0.5, 0.6) is 0 Å². The Bertz CT molecular complexity index is 832. The first kappa shape index (κ1) is 25.4. The molecule has 0 fully saturated rings. The van der Waals surface area contributed by atoms with Crippen molar-refractivity contribution in [2.75, 3.05) is 0 Å². The molecule has 6 N–H and O–H groups in total. The zero-order valence-electron chi connectivity index (χ0n) is 18.8. The van der Waals surface area contributed by atoms with E-state index in [-0.39, 0.29) is 12.3 Å². The summed E-state index contributed by atoms with van der Waals surface area (Å²) in [5.41, 5.74) is 8.30. The molecule has 2 amide bonds. The number of carboxylic acid groups (broad SMARTS) is 1. The van der Waals surface area contributed by atoms with Gasteiger partial charge in [0.15, 0.2) is 0 Å². The van der Waals surface area contributed by atoms with E-state index in [1.54, 1.807) is 0 Å². The van der Waals surface area contributed by atoms with Crippen LogP contribution >= 0.6 is 0 Å². The average Bonchev–Trinajstić information content (AvgIpc) is 2.78. The maximum atomic E-state index is 13.0. The van der Waals surface area contributed by atoms with Gasteiger partial charge in [-0.2, -0.15) is 0 Å². The van der Waals surface area contributed by atoms with Crippen molar-refractivity contribution in [1.29, 1.82) is 0 Å². The monoisotopic (exact) mass is 441 g/mol. The summed E-state index contributed by atoms with van der Waals surface area (Å²) in [6.45, 7) is 3.74. The number of rotatable bonds is 12. The summed E-state index contributed by atoms with van der Waals surface area (Å²) in [5.74, 6) is -0.569. The van der Waals surface area contributed by atoms with Gasteiger partial charge in [0.1, 0.15) is 6.04 Å². The first-order chi connectivity index (χ1) is 15.3. The summed E-state index contributed by atoms with van der Waals surface area (Å²) in [5, 5.41) is 25.2. The second kappa shape index (κ2) is 12.8. The van der Waals surface area contributed by atoms with Crippen LogP contribution in [0.25, 0.3) is 0 Å². The predicted molar refractivity (Wildman–Crippen MR) is 125 cm³/mol. The Hall–Kier alpha value is -2.90. The first-order valence-electron chi connectivity index (χ1n) is 11.1. The van der Waals surface area contributed by atoms with Gasteiger partial charge < -0.3 is 26.6 Å². The fraction of sp³-hybridized carbons (Fsp3) is 0.440. The number of hydrogen-bond acceptors (Lipinski definition) is 4. The highest BCUT2D eigenvalue weighted by Gasteiger charge is 2.29. The number of carbonyl (C=O) groups is 2. The number of nitrogens with one attached hydrogen (secondary N) is 2. The van der Waals surface area contributed by atoms with E-state index >= 15 is 0 Å². The highest BCUT2D eigenvalue weighted by atomic mass is 16.4. The topological polar surface area (TPSA) is 125 Å². The van der Waals surface area contributed by atoms with Crippen LogP contribution in [0.3, 0.4) is 0 Å². The Balaban J connectivity index is 2.12. The van der Waals surface area contributed by atoms with Crippen LogP contribution < -0.4 is 16.4 Å². The van der Waals surface area contributed by atoms with Crippen LogP contribution in [-0.2, 0) is 17.6 Å². The largest absolute Gasteiger partial charge is 0.465 e. The van der Waals surface area contributed by atoms with Gasteiger partial charge >= 0.3 is 6.09 Å². The Morgan fingerprint density at radius 1 is 0.938 bits per heavy atom. The lowest BCUT2D eigenvalue weighted by molar-refractivity contribution is -0.125. The zero-order chi connectivity index (χ0) is 23.5. The van der Waals surface area contributed by atoms with Crippen LogP contribution in [0.2, 0.25) is 0 Å². The van der Waals surface area contributed by atoms with Crippen molar-refractivity contribution in [2.24, 2.45) is 11.7 Å². The van der Waals surface area contributed by atoms with Crippen molar-refractivity contribution < 1.29 is 19.8 Å². The SMILES string of the molecule is CC[C@H](C)[C@H](NC(=O)O)C(=O)N[C@@H](Cc1ccccc1)C[C@H](O)[C@@H](N)Cc1ccccc1. The number of benzene rings is 2. The molecule has 0 radical (unpaired) electrons. The van der Waals surface area contributed by atoms with Gasteiger partial charge in [-0.1, -0.05) is 80.9 Å². The van der Waals surface area contributed by atoms with Crippen molar-refractivity contribution in [3.63, 3.8) is 0 Å². The van der Waals surface area contributed by atoms with E-state index in [2.05, 4.69) is 10.6 Å². The van der Waals surface area contributed by atoms with Crippen LogP contribution in [0.4, 0.5) is 4.79 Å². The van der Waals surface area contributed by atoms with Crippen molar-refractivity contribution in [2.45, 2.75) is 63.8 Å². The van der Waals surface area contributed by atoms with Gasteiger partial charge in [0.05, 0.1) is 6.10 Å². The predicted octanol–water partition coefficient (Wildman–Crippen LogP) is 2.72. The molecule has 0 aliphatic carbocycles. The molecule has 0 heterocycles. The molecule has 2 rings (SSSR count). The summed E-state index contributed by atoms with van der Waals surface area (Å²) >= 11 is 0. The molecule has 32 heavy (non-hydrogen) atoms. The summed E-state index contributed by atoms with van der Waals surface area (Å²) in [7, 11) is 0. The van der Waals surface area contributed by atoms with E-state index in [1.807, 2.05) is 74.5 Å². The fourth-order valence-corrected chi connectivity index (χ4v) is 3.71. The standard InChI is InChI=1S/C25H35N3O4/c1-3-17(2)23(28-25(31)32)24(30)27-20(14-18-10-6-4-7-11-18)16-22(29)21(26)15-19-12-8-5-9-13-19/h4-13,17,20-23,28-29H,3,14-16,26H2,1-2H3,(H,27,30)(H,31,32)/t17-,20-,21-,22-,23-/m0/s1. The molecule has 0 saturated carbocycles. The molecular weight excluding hydrogens is 406 g/mol. The van der Waals surface area contributed by atoms with Crippen LogP contribution in [0.15, 0.2) is 60.7 Å². The fourth-order valence-electron chi connectivity index (χ4n) is 3.71. The molecule has 174 valence electrons. The number of carbonyl (C=O) groups excluding carboxylic acids is 1. The molecule has 0 aromatic heterocycles. The van der Waals surface area contributed by atoms with Gasteiger partial charge in [-0.05, 0) is 36.3 Å². The van der Waals surface area contributed by atoms with E-state index < -0.39 is 36.2 Å². The number of nitrogens with two attached hydrogens (primary N) is 1. The summed E-state index contributed by atoms with van der Waals surface area (Å²) in [6.07, 6.45) is -0.151. The third-order valence-corrected chi connectivity index (χ3v) is 5.78. The van der Waals surface area contributed by atoms with Gasteiger partial charge in [-0.25, -0.2) is 4.79 Å². The van der Waals surface area contributed by atoms with Crippen molar-refractivity contribution >= 4 is 12.0 Å². The maximum absolute atomic E-state index is 13.0. The molecule has 0 bridgehead atoms. The summed E-state index contributed by atoms with van der Waals surface area (Å²) in [6, 6.07) is 17.6. The molecule has 7 heteroatoms. The number of hydrogen-bond donors (Lipinski definition) is 5. The molecule has 7 nitrogen and oxygen atoms in total. The third-order valence-electron chi connectivity index (χ3n) is 5.78. The highest BCUT2D eigenvalue weighted by Crippen LogP contribution is 2.14. The second-order valence-corrected chi connectivity index (χ2v) is 8.36. The third kappa shape index (κ3) is 8.32. The number of aliphatic hydroxyl groups is 1. The van der Waals surface area contributed by atoms with Gasteiger partial charge in [-0.15, -0.1) is 0 Å². The van der Waals surface area contributed by atoms with E-state index in [0.717, 1.165) is 11.1 Å². The molecule has 0 saturated heterocycles. The van der Waals surface area contributed by atoms with E-state index in [0.29, 0.717) is 19.3 Å². The molecule has 5 atom stereocenters. The van der Waals surface area contributed by atoms with Crippen LogP contribution in [0, 0.1) is 5.92 Å². The lowest BCUT2D eigenvalue weighted by Crippen LogP contribution is -2.53. The van der Waals surface area contributed by atoms with E-state index in [4.69, 9.17) is 10.8 Å². The Kier molecular flexibility index (Phi) is 10.2. The van der Waals surface area contributed by atoms with Crippen LogP contribution in [0.1, 0.15) is 37.8 Å². The van der Waals surface area contributed by atoms with E-state index in [1.165, 1.54) is 0 Å². The minimum absolute atomic E-state index is 0.172. The summed E-state index contributed by atoms with van der Waals surface area (Å²) in [4.78, 5) is 24.2. The Morgan fingerprint density at radius 2 is 1.47 bits per heavy atom. The lowest BCUT2D eigenvalue weighted by Gasteiger charge is -2.28. The minimum Gasteiger partial charge on any atom is -0.465 e. The quantitative estimate of drug-likeness (QED) is 0.346. The molecule has 2 aromatic rings. The second-order valence-electron chi connectivity index (χ2n) is 8.36. The van der Waals surface area contributed by atoms with Crippen LogP contribution in [-0.4, -0.2) is 46.4 Å². The van der Waals surface area contributed by atoms with Crippen molar-refractivity contribution in [3.8, 4) is 0 Å². The molecule has 0 unspecified atom stereocenters. The van der Waals surface area contributed by atoms with Gasteiger partial charge in [0.2, 0.25) is 5.91 Å². The molecule has 0 spiro atoms. The first-order valence-corrected chi connectivity index (χ1v) is 11.1. The van der Waals surface area contributed by atoms with E-state index in [9.17, 15) is 14.7 Å². The van der Waals surface area contributed by atoms with Crippen molar-refractivity contribution in [1.82, 2.24) is 10.6 Å². The molecule has 0 aliphatic heterocycles. The Labute approximate surface area is 190 Å². The number of aliphatic hydroxyl groups excluding tert-OH is 1. The Morgan fingerprint density at radius 3 is 1.97 bits per heavy atom. The van der Waals surface area contributed by atoms with Gasteiger partial charge in [-0.3, -0.25) is 4.79 Å². The number of amides is 2. The average molecular weight is 442 g/mol. The van der Waals surface area contributed by atoms with Gasteiger partial charge in [0, 0.05) is 12.1 Å². The zero-order valence-corrected chi connectivity index (χ0v) is 18.8. The maximum Gasteiger partial charge on any atom is 0.405 e. The molecular formula is C25H35N3O4. The smallest absolute Gasteiger partial charge is 0.405 e. The molecule has 2 aromatic carbocycles. The van der Waals surface area contributed by atoms with Gasteiger partial charge in [0.25, 0.3) is 0 Å². The highest BCUT2D eigenvalue weighted by molar-refractivity contribution is 5.85. The summed E-state index contributed by atoms with van der Waals surface area (Å²) < 4.78 is 0. The lowest BCUT2D eigenvalue weighted by atomic mass is 9.93. The van der Waals surface area contributed by atoms with Crippen molar-refractivity contribution in [3.05, 3.63) is 71.8 Å². The minimum atomic E-state index is -1.24. The molecule has 0 aliphatic rings.